The van der Waals surface area contributed by atoms with E-state index >= 15 is 0 Å². The number of aliphatic hydroxyl groups excluding tert-OH is 1. The molecule has 0 rings (SSSR count). The van der Waals surface area contributed by atoms with Crippen LogP contribution >= 0.6 is 0 Å². The van der Waals surface area contributed by atoms with Crippen molar-refractivity contribution in [3.63, 3.8) is 0 Å². The van der Waals surface area contributed by atoms with Crippen molar-refractivity contribution in [1.82, 2.24) is 0 Å². The Labute approximate surface area is 55.6 Å². The monoisotopic (exact) mass is 376 g/mol. The Morgan fingerprint density at radius 1 is 1.60 bits per heavy atom. The molecule has 4 nitrogen and oxygen atoms in total. The zero-order chi connectivity index (χ0) is 6.83. The average molecular weight is 380 g/mol. The summed E-state index contributed by atoms with van der Waals surface area (Å²) >= 11 is 0. The van der Waals surface area contributed by atoms with Gasteiger partial charge in [-0.25, -0.2) is 0 Å². The topological polar surface area (TPSA) is 96.8 Å². The Hall–Kier alpha value is -1.61. The van der Waals surface area contributed by atoms with E-state index in [1.165, 1.54) is 0 Å². The van der Waals surface area contributed by atoms with Crippen LogP contribution in [0, 0.1) is 6.92 Å². The third-order valence-corrected chi connectivity index (χ3v) is 0.454. The molecule has 0 saturated carbocycles. The molecule has 0 aliphatic heterocycles. The smallest absolute Gasteiger partial charge is 0 e. The SMILES string of the molecule is O=[C-]O.[CH2-]CCCN.[Cm].[NH2-]. The van der Waals surface area contributed by atoms with E-state index in [0.717, 1.165) is 19.4 Å². The molecular formula is C5H13CmN2O2-3. The summed E-state index contributed by atoms with van der Waals surface area (Å²) in [6, 6.07) is 0. The molecule has 66 valence electrons. The van der Waals surface area contributed by atoms with Crippen LogP contribution in [0.3, 0.4) is 0 Å². The second kappa shape index (κ2) is 52.8. The molecule has 5 N–H and O–H groups in total. The molecule has 10 heavy (non-hydrogen) atoms. The van der Waals surface area contributed by atoms with E-state index in [0.29, 0.717) is 6.47 Å². The van der Waals surface area contributed by atoms with Gasteiger partial charge < -0.3 is 28.7 Å². The minimum Gasteiger partial charge on any atom is -0.693 e. The second-order valence-electron chi connectivity index (χ2n) is 1.09. The van der Waals surface area contributed by atoms with Crippen LogP contribution in [-0.2, 0) is 4.79 Å². The molecule has 0 aromatic carbocycles. The average Bonchev–Trinajstić information content (AvgIpc) is 1.71. The van der Waals surface area contributed by atoms with Crippen molar-refractivity contribution >= 4 is 6.47 Å². The van der Waals surface area contributed by atoms with E-state index in [1.807, 2.05) is 0 Å². The van der Waals surface area contributed by atoms with Crippen LogP contribution in [0.4, 0.5) is 0 Å². The Morgan fingerprint density at radius 3 is 1.90 bits per heavy atom. The standard InChI is InChI=1S/C4H10N.CHO2.Cm.H2N/c1-2-3-4-5;2-1-3;;/h1-5H2;(H,2,3);;1H2/q2*-1;;-1. The summed E-state index contributed by atoms with van der Waals surface area (Å²) < 4.78 is 0. The van der Waals surface area contributed by atoms with E-state index in [-0.39, 0.29) is 6.15 Å². The maximum absolute atomic E-state index is 8.24. The first-order valence-corrected chi connectivity index (χ1v) is 2.34. The van der Waals surface area contributed by atoms with Gasteiger partial charge in [0.2, 0.25) is 0 Å². The molecule has 0 aliphatic rings. The van der Waals surface area contributed by atoms with Gasteiger partial charge >= 0.3 is 0 Å². The molecule has 5 heteroatoms. The van der Waals surface area contributed by atoms with Gasteiger partial charge in [0.25, 0.3) is 0 Å². The van der Waals surface area contributed by atoms with E-state index in [1.54, 1.807) is 0 Å². The fourth-order valence-electron chi connectivity index (χ4n) is 0.144. The van der Waals surface area contributed by atoms with E-state index in [9.17, 15) is 0 Å². The van der Waals surface area contributed by atoms with Crippen LogP contribution < -0.4 is 5.73 Å². The number of nitrogens with two attached hydrogens (primary N) is 2. The van der Waals surface area contributed by atoms with Gasteiger partial charge in [-0.2, -0.15) is 6.42 Å². The van der Waals surface area contributed by atoms with Crippen LogP contribution in [0.25, 0.3) is 6.15 Å². The number of rotatable bonds is 2. The normalized spacial score (nSPS) is 5.40. The molecule has 0 unspecified atom stereocenters. The van der Waals surface area contributed by atoms with Gasteiger partial charge in [-0.15, -0.1) is 0 Å². The van der Waals surface area contributed by atoms with Crippen molar-refractivity contribution in [2.24, 2.45) is 5.73 Å². The number of unbranched alkanes of at least 4 members (excludes halogenated alkanes) is 1. The second-order valence-corrected chi connectivity index (χ2v) is 1.09. The van der Waals surface area contributed by atoms with Crippen LogP contribution in [0.1, 0.15) is 12.8 Å². The van der Waals surface area contributed by atoms with Crippen molar-refractivity contribution in [2.45, 2.75) is 12.8 Å². The molecule has 0 saturated heterocycles. The molecule has 0 heterocycles. The summed E-state index contributed by atoms with van der Waals surface area (Å²) in [7, 11) is 0. The molecule has 0 bridgehead atoms. The van der Waals surface area contributed by atoms with Crippen LogP contribution in [0.15, 0.2) is 0 Å². The van der Waals surface area contributed by atoms with Crippen LogP contribution in [-0.4, -0.2) is 18.1 Å². The summed E-state index contributed by atoms with van der Waals surface area (Å²) in [5.74, 6) is 0. The van der Waals surface area contributed by atoms with Gasteiger partial charge in [-0.3, -0.25) is 0 Å². The van der Waals surface area contributed by atoms with E-state index < -0.39 is 0 Å². The van der Waals surface area contributed by atoms with Crippen molar-refractivity contribution < 1.29 is 9.90 Å². The van der Waals surface area contributed by atoms with Gasteiger partial charge in [-0.05, 0) is 6.54 Å². The molecular weight excluding hydrogens is 367 g/mol. The summed E-state index contributed by atoms with van der Waals surface area (Å²) in [5, 5.41) is 6.76. The Bertz CT molecular complexity index is 44.6. The molecule has 0 fully saturated rings. The van der Waals surface area contributed by atoms with Gasteiger partial charge in [0.05, 0.1) is 0 Å². The third-order valence-electron chi connectivity index (χ3n) is 0.454. The first-order valence-electron chi connectivity index (χ1n) is 2.34. The van der Waals surface area contributed by atoms with Crippen molar-refractivity contribution in [3.05, 3.63) is 13.1 Å². The summed E-state index contributed by atoms with van der Waals surface area (Å²) in [4.78, 5) is 8.24. The van der Waals surface area contributed by atoms with Gasteiger partial charge in [0.1, 0.15) is 0 Å². The molecule has 0 aromatic rings. The predicted molar refractivity (Wildman–Crippen MR) is 37.3 cm³/mol. The first kappa shape index (κ1) is 23.8. The summed E-state index contributed by atoms with van der Waals surface area (Å²) in [6.07, 6.45) is 2.02. The summed E-state index contributed by atoms with van der Waals surface area (Å²) in [6.45, 7) is 4.88. The third kappa shape index (κ3) is 1220. The van der Waals surface area contributed by atoms with Crippen molar-refractivity contribution in [1.29, 1.82) is 0 Å². The Morgan fingerprint density at radius 2 is 1.90 bits per heavy atom. The largest absolute Gasteiger partial charge is 0.693 e. The molecule has 0 aromatic heterocycles. The Kier molecular flexibility index (Phi) is 126. The quantitative estimate of drug-likeness (QED) is 0.697. The maximum Gasteiger partial charge on any atom is 0 e. The first-order chi connectivity index (χ1) is 3.83. The molecule has 0 spiro atoms. The van der Waals surface area contributed by atoms with Crippen LogP contribution in [0.2, 0.25) is 0 Å². The molecule has 0 atom stereocenters. The fourth-order valence-corrected chi connectivity index (χ4v) is 0.144. The zero-order valence-corrected chi connectivity index (χ0v) is 8.64. The van der Waals surface area contributed by atoms with Gasteiger partial charge in [0, 0.05) is 0 Å². The minimum atomic E-state index is 0. The van der Waals surface area contributed by atoms with E-state index in [2.05, 4.69) is 6.92 Å². The number of hydrogen-bond acceptors (Lipinski definition) is 2. The molecule has 0 amide bonds. The molecule has 0 aliphatic carbocycles. The zero-order valence-electron chi connectivity index (χ0n) is 5.69. The number of hydrogen-bond donors (Lipinski definition) is 2. The van der Waals surface area contributed by atoms with Gasteiger partial charge in [-0.1, -0.05) is 12.9 Å². The van der Waals surface area contributed by atoms with Crippen LogP contribution in [0.5, 0.6) is 0 Å². The van der Waals surface area contributed by atoms with Crippen molar-refractivity contribution in [3.8, 4) is 0 Å². The minimum absolute atomic E-state index is 0. The summed E-state index contributed by atoms with van der Waals surface area (Å²) in [5.41, 5.74) is 5.10. The molecule has 0 radical (unpaired) electrons. The van der Waals surface area contributed by atoms with Gasteiger partial charge in [0.15, 0.2) is 0 Å². The Balaban J connectivity index is -0.0000000326. The fraction of sp³-hybridized carbons (Fsp3) is 0.600. The van der Waals surface area contributed by atoms with Crippen molar-refractivity contribution in [2.75, 3.05) is 6.54 Å². The predicted octanol–water partition coefficient (Wildman–Crippen LogP) is 0.888. The maximum atomic E-state index is 8.24. The van der Waals surface area contributed by atoms with E-state index in [4.69, 9.17) is 15.6 Å².